The van der Waals surface area contributed by atoms with Gasteiger partial charge in [-0.25, -0.2) is 4.98 Å². The van der Waals surface area contributed by atoms with E-state index in [1.54, 1.807) is 24.5 Å². The molecule has 5 nitrogen and oxygen atoms in total. The van der Waals surface area contributed by atoms with Crippen LogP contribution in [0.3, 0.4) is 0 Å². The lowest BCUT2D eigenvalue weighted by Crippen LogP contribution is -2.27. The Kier molecular flexibility index (Phi) is 6.35. The van der Waals surface area contributed by atoms with Gasteiger partial charge in [-0.1, -0.05) is 20.8 Å². The number of rotatable bonds is 5. The predicted octanol–water partition coefficient (Wildman–Crippen LogP) is 4.62. The van der Waals surface area contributed by atoms with Crippen LogP contribution < -0.4 is 5.32 Å². The summed E-state index contributed by atoms with van der Waals surface area (Å²) in [5, 5.41) is 13.2. The minimum absolute atomic E-state index is 0.0526. The molecule has 3 rings (SSSR count). The van der Waals surface area contributed by atoms with E-state index in [9.17, 15) is 10.1 Å². The first-order chi connectivity index (χ1) is 13.4. The van der Waals surface area contributed by atoms with Crippen LogP contribution in [0.15, 0.2) is 35.6 Å². The minimum Gasteiger partial charge on any atom is -0.326 e. The zero-order valence-electron chi connectivity index (χ0n) is 16.7. The summed E-state index contributed by atoms with van der Waals surface area (Å²) in [5.74, 6) is 1.15. The molecule has 0 saturated heterocycles. The summed E-state index contributed by atoms with van der Waals surface area (Å²) in [5.41, 5.74) is 3.95. The maximum Gasteiger partial charge on any atom is 0.225 e. The number of pyridine rings is 2. The van der Waals surface area contributed by atoms with Gasteiger partial charge in [-0.2, -0.15) is 5.26 Å². The molecule has 2 aromatic heterocycles. The van der Waals surface area contributed by atoms with Crippen LogP contribution in [0, 0.1) is 22.7 Å². The Morgan fingerprint density at radius 2 is 2.11 bits per heavy atom. The number of carbonyl (C=O) groups excluding carboxylic acids is 1. The fraction of sp³-hybridized carbons (Fsp3) is 0.455. The van der Waals surface area contributed by atoms with Crippen molar-refractivity contribution in [2.24, 2.45) is 11.3 Å². The topological polar surface area (TPSA) is 78.7 Å². The Morgan fingerprint density at radius 3 is 2.79 bits per heavy atom. The largest absolute Gasteiger partial charge is 0.326 e. The van der Waals surface area contributed by atoms with Crippen LogP contribution in [0.4, 0.5) is 5.69 Å². The molecule has 0 saturated carbocycles. The number of aryl methyl sites for hydroxylation is 1. The zero-order valence-corrected chi connectivity index (χ0v) is 17.5. The maximum absolute atomic E-state index is 12.1. The van der Waals surface area contributed by atoms with Crippen molar-refractivity contribution >= 4 is 23.4 Å². The van der Waals surface area contributed by atoms with Gasteiger partial charge >= 0.3 is 0 Å². The average molecular weight is 395 g/mol. The first-order valence-electron chi connectivity index (χ1n) is 9.62. The molecule has 1 aliphatic rings. The van der Waals surface area contributed by atoms with E-state index in [0.717, 1.165) is 35.7 Å². The SMILES string of the molecule is CC(C)(C)C1CCc2nc(SCCC(=O)Nc3ccncc3)c(C#N)cc2C1. The van der Waals surface area contributed by atoms with Crippen LogP contribution >= 0.6 is 11.8 Å². The third-order valence-electron chi connectivity index (χ3n) is 5.23. The summed E-state index contributed by atoms with van der Waals surface area (Å²) < 4.78 is 0. The monoisotopic (exact) mass is 394 g/mol. The molecular weight excluding hydrogens is 368 g/mol. The number of amides is 1. The third kappa shape index (κ3) is 5.11. The highest BCUT2D eigenvalue weighted by Gasteiger charge is 2.30. The summed E-state index contributed by atoms with van der Waals surface area (Å²) in [6, 6.07) is 7.82. The van der Waals surface area contributed by atoms with Crippen molar-refractivity contribution in [1.82, 2.24) is 9.97 Å². The smallest absolute Gasteiger partial charge is 0.225 e. The number of carbonyl (C=O) groups is 1. The number of nitriles is 1. The molecule has 146 valence electrons. The summed E-state index contributed by atoms with van der Waals surface area (Å²) >= 11 is 1.48. The van der Waals surface area contributed by atoms with Crippen molar-refractivity contribution in [2.45, 2.75) is 51.5 Å². The summed E-state index contributed by atoms with van der Waals surface area (Å²) in [6.07, 6.45) is 6.73. The molecule has 0 radical (unpaired) electrons. The van der Waals surface area contributed by atoms with E-state index in [-0.39, 0.29) is 11.3 Å². The second-order valence-corrected chi connectivity index (χ2v) is 9.33. The van der Waals surface area contributed by atoms with Crippen LogP contribution in [0.1, 0.15) is 50.4 Å². The Labute approximate surface area is 171 Å². The summed E-state index contributed by atoms with van der Waals surface area (Å²) in [6.45, 7) is 6.84. The van der Waals surface area contributed by atoms with Gasteiger partial charge in [-0.15, -0.1) is 11.8 Å². The molecule has 1 amide bonds. The van der Waals surface area contributed by atoms with Crippen molar-refractivity contribution in [3.05, 3.63) is 47.4 Å². The van der Waals surface area contributed by atoms with Crippen molar-refractivity contribution in [3.63, 3.8) is 0 Å². The molecule has 1 atom stereocenters. The van der Waals surface area contributed by atoms with Crippen LogP contribution in [0.25, 0.3) is 0 Å². The highest BCUT2D eigenvalue weighted by molar-refractivity contribution is 7.99. The van der Waals surface area contributed by atoms with E-state index in [2.05, 4.69) is 37.1 Å². The molecule has 28 heavy (non-hydrogen) atoms. The van der Waals surface area contributed by atoms with Gasteiger partial charge in [0.15, 0.2) is 0 Å². The third-order valence-corrected chi connectivity index (χ3v) is 6.22. The molecule has 0 fully saturated rings. The molecule has 0 bridgehead atoms. The van der Waals surface area contributed by atoms with E-state index in [0.29, 0.717) is 23.7 Å². The lowest BCUT2D eigenvalue weighted by Gasteiger charge is -2.34. The normalized spacial score (nSPS) is 16.1. The van der Waals surface area contributed by atoms with Crippen LogP contribution in [0.5, 0.6) is 0 Å². The van der Waals surface area contributed by atoms with Crippen molar-refractivity contribution in [1.29, 1.82) is 5.26 Å². The minimum atomic E-state index is -0.0526. The second-order valence-electron chi connectivity index (χ2n) is 8.25. The number of aromatic nitrogens is 2. The van der Waals surface area contributed by atoms with Crippen molar-refractivity contribution in [3.8, 4) is 6.07 Å². The molecule has 2 heterocycles. The number of nitrogens with zero attached hydrogens (tertiary/aromatic N) is 3. The van der Waals surface area contributed by atoms with Crippen LogP contribution in [-0.4, -0.2) is 21.6 Å². The van der Waals surface area contributed by atoms with Crippen LogP contribution in [-0.2, 0) is 17.6 Å². The highest BCUT2D eigenvalue weighted by Crippen LogP contribution is 2.38. The second kappa shape index (κ2) is 8.74. The van der Waals surface area contributed by atoms with Gasteiger partial charge < -0.3 is 5.32 Å². The number of thioether (sulfide) groups is 1. The maximum atomic E-state index is 12.1. The zero-order chi connectivity index (χ0) is 20.1. The number of hydrogen-bond acceptors (Lipinski definition) is 5. The lowest BCUT2D eigenvalue weighted by molar-refractivity contribution is -0.115. The Bertz CT molecular complexity index is 884. The van der Waals surface area contributed by atoms with Crippen molar-refractivity contribution in [2.75, 3.05) is 11.1 Å². The van der Waals surface area contributed by atoms with Gasteiger partial charge in [-0.3, -0.25) is 9.78 Å². The van der Waals surface area contributed by atoms with Gasteiger partial charge in [0.25, 0.3) is 0 Å². The molecule has 0 aromatic carbocycles. The first kappa shape index (κ1) is 20.3. The molecule has 0 spiro atoms. The van der Waals surface area contributed by atoms with Gasteiger partial charge in [0.1, 0.15) is 11.1 Å². The Morgan fingerprint density at radius 1 is 1.36 bits per heavy atom. The number of hydrogen-bond donors (Lipinski definition) is 1. The Hall–Kier alpha value is -2.39. The molecule has 2 aromatic rings. The van der Waals surface area contributed by atoms with Gasteiger partial charge in [0.2, 0.25) is 5.91 Å². The molecule has 1 N–H and O–H groups in total. The van der Waals surface area contributed by atoms with Gasteiger partial charge in [0, 0.05) is 35.9 Å². The van der Waals surface area contributed by atoms with Crippen molar-refractivity contribution < 1.29 is 4.79 Å². The van der Waals surface area contributed by atoms with E-state index >= 15 is 0 Å². The van der Waals surface area contributed by atoms with E-state index < -0.39 is 0 Å². The summed E-state index contributed by atoms with van der Waals surface area (Å²) in [7, 11) is 0. The van der Waals surface area contributed by atoms with E-state index in [1.807, 2.05) is 6.07 Å². The molecule has 6 heteroatoms. The number of nitrogens with one attached hydrogen (secondary N) is 1. The van der Waals surface area contributed by atoms with E-state index in [4.69, 9.17) is 4.98 Å². The highest BCUT2D eigenvalue weighted by atomic mass is 32.2. The lowest BCUT2D eigenvalue weighted by atomic mass is 9.71. The Balaban J connectivity index is 1.62. The molecule has 1 aliphatic carbocycles. The van der Waals surface area contributed by atoms with Crippen LogP contribution in [0.2, 0.25) is 0 Å². The average Bonchev–Trinajstić information content (AvgIpc) is 2.67. The van der Waals surface area contributed by atoms with Gasteiger partial charge in [0.05, 0.1) is 5.56 Å². The molecule has 1 unspecified atom stereocenters. The summed E-state index contributed by atoms with van der Waals surface area (Å²) in [4.78, 5) is 20.8. The number of fused-ring (bicyclic) bond motifs is 1. The van der Waals surface area contributed by atoms with Gasteiger partial charge in [-0.05, 0) is 54.4 Å². The quantitative estimate of drug-likeness (QED) is 0.749. The molecule has 0 aliphatic heterocycles. The fourth-order valence-electron chi connectivity index (χ4n) is 3.47. The fourth-order valence-corrected chi connectivity index (χ4v) is 4.39. The first-order valence-corrected chi connectivity index (χ1v) is 10.6. The number of anilines is 1. The molecular formula is C22H26N4OS. The van der Waals surface area contributed by atoms with E-state index in [1.165, 1.54) is 17.3 Å². The predicted molar refractivity (Wildman–Crippen MR) is 112 cm³/mol. The standard InChI is InChI=1S/C22H26N4OS/c1-22(2,3)17-4-5-19-15(13-17)12-16(14-23)21(26-19)28-11-8-20(27)25-18-6-9-24-10-7-18/h6-7,9-10,12,17H,4-5,8,11,13H2,1-3H3,(H,24,25,27).